The Kier molecular flexibility index (Phi) is 4.24. The molecule has 8 heteroatoms. The Balaban J connectivity index is 2.01. The number of hydrogen-bond acceptors (Lipinski definition) is 6. The van der Waals surface area contributed by atoms with Crippen molar-refractivity contribution in [3.8, 4) is 5.75 Å². The number of hydrogen-bond donors (Lipinski definition) is 0. The molecule has 0 bridgehead atoms. The molecule has 0 spiro atoms. The number of amides is 1. The van der Waals surface area contributed by atoms with E-state index in [0.717, 1.165) is 4.47 Å². The van der Waals surface area contributed by atoms with Gasteiger partial charge in [0.1, 0.15) is 11.4 Å². The van der Waals surface area contributed by atoms with Crippen molar-refractivity contribution in [2.75, 3.05) is 7.11 Å². The van der Waals surface area contributed by atoms with E-state index in [0.29, 0.717) is 17.0 Å². The Hall–Kier alpha value is -2.48. The minimum Gasteiger partial charge on any atom is -0.496 e. The van der Waals surface area contributed by atoms with Gasteiger partial charge in [0.05, 0.1) is 18.9 Å². The summed E-state index contributed by atoms with van der Waals surface area (Å²) in [7, 11) is 1.56. The van der Waals surface area contributed by atoms with Crippen molar-refractivity contribution in [1.82, 2.24) is 15.0 Å². The van der Waals surface area contributed by atoms with E-state index >= 15 is 0 Å². The quantitative estimate of drug-likeness (QED) is 0.822. The molecule has 118 valence electrons. The fraction of sp³-hybridized carbons (Fsp3) is 0.200. The summed E-state index contributed by atoms with van der Waals surface area (Å²) in [6, 6.07) is 5.45. The van der Waals surface area contributed by atoms with Gasteiger partial charge in [-0.25, -0.2) is 0 Å². The van der Waals surface area contributed by atoms with Crippen molar-refractivity contribution in [2.45, 2.75) is 13.2 Å². The molecule has 2 heterocycles. The number of halogens is 1. The lowest BCUT2D eigenvalue weighted by Gasteiger charge is -2.17. The molecule has 1 aromatic carbocycles. The smallest absolute Gasteiger partial charge is 0.244 e. The number of methoxy groups -OCH3 is 1. The molecule has 0 saturated carbocycles. The van der Waals surface area contributed by atoms with Crippen LogP contribution in [0, 0.1) is 0 Å². The van der Waals surface area contributed by atoms with Crippen LogP contribution in [0.4, 0.5) is 0 Å². The van der Waals surface area contributed by atoms with Crippen LogP contribution in [0.3, 0.4) is 0 Å². The highest BCUT2D eigenvalue weighted by molar-refractivity contribution is 9.10. The summed E-state index contributed by atoms with van der Waals surface area (Å²) in [5.41, 5.74) is 1.13. The minimum absolute atomic E-state index is 0.260. The van der Waals surface area contributed by atoms with Gasteiger partial charge in [-0.15, -0.1) is 5.10 Å². The average molecular weight is 377 g/mol. The van der Waals surface area contributed by atoms with Crippen LogP contribution in [0.15, 0.2) is 46.4 Å². The summed E-state index contributed by atoms with van der Waals surface area (Å²) in [6.45, 7) is 1.41. The summed E-state index contributed by atoms with van der Waals surface area (Å²) in [4.78, 5) is 20.1. The Bertz CT molecular complexity index is 767. The first-order valence-electron chi connectivity index (χ1n) is 6.75. The van der Waals surface area contributed by atoms with Crippen molar-refractivity contribution in [1.29, 1.82) is 0 Å². The average Bonchev–Trinajstić information content (AvgIpc) is 3.01. The number of carbonyl (C=O) groups is 1. The molecule has 0 aliphatic carbocycles. The zero-order valence-electron chi connectivity index (χ0n) is 12.4. The van der Waals surface area contributed by atoms with Gasteiger partial charge in [-0.1, -0.05) is 15.9 Å². The Morgan fingerprint density at radius 3 is 2.87 bits per heavy atom. The number of rotatable bonds is 3. The van der Waals surface area contributed by atoms with Gasteiger partial charge < -0.3 is 9.47 Å². The van der Waals surface area contributed by atoms with Crippen molar-refractivity contribution in [2.24, 2.45) is 5.10 Å². The van der Waals surface area contributed by atoms with Gasteiger partial charge in [0, 0.05) is 23.8 Å². The lowest BCUT2D eigenvalue weighted by Crippen LogP contribution is -2.26. The van der Waals surface area contributed by atoms with Crippen LogP contribution in [-0.2, 0) is 9.53 Å². The first-order valence-corrected chi connectivity index (χ1v) is 7.54. The van der Waals surface area contributed by atoms with E-state index in [1.165, 1.54) is 24.3 Å². The Morgan fingerprint density at radius 1 is 1.39 bits per heavy atom. The molecule has 0 N–H and O–H groups in total. The van der Waals surface area contributed by atoms with Gasteiger partial charge in [-0.2, -0.15) is 5.01 Å². The first-order chi connectivity index (χ1) is 11.1. The lowest BCUT2D eigenvalue weighted by molar-refractivity contribution is -0.135. The van der Waals surface area contributed by atoms with Gasteiger partial charge in [0.25, 0.3) is 0 Å². The number of nitrogens with zero attached hydrogens (tertiary/aromatic N) is 4. The molecule has 7 nitrogen and oxygen atoms in total. The van der Waals surface area contributed by atoms with E-state index in [4.69, 9.17) is 9.47 Å². The Morgan fingerprint density at radius 2 is 2.22 bits per heavy atom. The molecule has 0 fully saturated rings. The van der Waals surface area contributed by atoms with E-state index in [9.17, 15) is 4.79 Å². The van der Waals surface area contributed by atoms with E-state index < -0.39 is 6.23 Å². The predicted octanol–water partition coefficient (Wildman–Crippen LogP) is 2.49. The van der Waals surface area contributed by atoms with Crippen molar-refractivity contribution >= 4 is 27.7 Å². The number of carbonyl (C=O) groups excluding carboxylic acids is 1. The number of hydrazone groups is 1. The fourth-order valence-electron chi connectivity index (χ4n) is 2.15. The Labute approximate surface area is 141 Å². The highest BCUT2D eigenvalue weighted by Crippen LogP contribution is 2.32. The van der Waals surface area contributed by atoms with Crippen LogP contribution in [0.25, 0.3) is 0 Å². The number of benzene rings is 1. The van der Waals surface area contributed by atoms with E-state index in [2.05, 4.69) is 31.0 Å². The topological polar surface area (TPSA) is 76.9 Å². The molecule has 1 unspecified atom stereocenters. The first kappa shape index (κ1) is 15.4. The molecule has 0 radical (unpaired) electrons. The summed E-state index contributed by atoms with van der Waals surface area (Å²) < 4.78 is 12.0. The van der Waals surface area contributed by atoms with Crippen LogP contribution in [0.1, 0.15) is 24.4 Å². The van der Waals surface area contributed by atoms with Crippen LogP contribution < -0.4 is 4.74 Å². The largest absolute Gasteiger partial charge is 0.496 e. The number of aromatic nitrogens is 2. The minimum atomic E-state index is -0.750. The molecular weight excluding hydrogens is 364 g/mol. The molecule has 3 rings (SSSR count). The molecular formula is C15H13BrN4O3. The predicted molar refractivity (Wildman–Crippen MR) is 85.6 cm³/mol. The molecule has 23 heavy (non-hydrogen) atoms. The van der Waals surface area contributed by atoms with Crippen molar-refractivity contribution in [3.05, 3.63) is 52.5 Å². The monoisotopic (exact) mass is 376 g/mol. The van der Waals surface area contributed by atoms with Gasteiger partial charge in [0.15, 0.2) is 0 Å². The van der Waals surface area contributed by atoms with Crippen LogP contribution >= 0.6 is 15.9 Å². The van der Waals surface area contributed by atoms with Gasteiger partial charge >= 0.3 is 0 Å². The van der Waals surface area contributed by atoms with Gasteiger partial charge in [-0.3, -0.25) is 14.8 Å². The van der Waals surface area contributed by atoms with E-state index in [1.807, 2.05) is 12.1 Å². The summed E-state index contributed by atoms with van der Waals surface area (Å²) >= 11 is 3.41. The molecule has 1 atom stereocenters. The molecule has 1 aliphatic heterocycles. The molecule has 0 saturated heterocycles. The highest BCUT2D eigenvalue weighted by atomic mass is 79.9. The van der Waals surface area contributed by atoms with Crippen molar-refractivity contribution < 1.29 is 14.3 Å². The highest BCUT2D eigenvalue weighted by Gasteiger charge is 2.35. The van der Waals surface area contributed by atoms with Crippen LogP contribution in [0.2, 0.25) is 0 Å². The zero-order chi connectivity index (χ0) is 16.4. The second-order valence-electron chi connectivity index (χ2n) is 4.71. The SMILES string of the molecule is COc1ccc(Br)cc1C1=NN(C(C)=O)C(c2cnccn2)O1. The second-order valence-corrected chi connectivity index (χ2v) is 5.63. The summed E-state index contributed by atoms with van der Waals surface area (Å²) in [5.74, 6) is 0.619. The van der Waals surface area contributed by atoms with E-state index in [-0.39, 0.29) is 11.8 Å². The summed E-state index contributed by atoms with van der Waals surface area (Å²) in [5, 5.41) is 5.51. The number of ether oxygens (including phenoxy) is 2. The fourth-order valence-corrected chi connectivity index (χ4v) is 2.51. The molecule has 2 aromatic rings. The third kappa shape index (κ3) is 3.02. The molecule has 1 aromatic heterocycles. The maximum absolute atomic E-state index is 11.9. The zero-order valence-corrected chi connectivity index (χ0v) is 14.0. The molecule has 1 aliphatic rings. The third-order valence-corrected chi connectivity index (χ3v) is 3.69. The summed E-state index contributed by atoms with van der Waals surface area (Å²) in [6.07, 6.45) is 3.88. The van der Waals surface area contributed by atoms with Crippen LogP contribution in [0.5, 0.6) is 5.75 Å². The third-order valence-electron chi connectivity index (χ3n) is 3.19. The van der Waals surface area contributed by atoms with E-state index in [1.54, 1.807) is 19.4 Å². The standard InChI is InChI=1S/C15H13BrN4O3/c1-9(21)20-15(12-8-17-5-6-18-12)23-14(19-20)11-7-10(16)3-4-13(11)22-2/h3-8,15H,1-2H3. The lowest BCUT2D eigenvalue weighted by atomic mass is 10.2. The normalized spacial score (nSPS) is 16.7. The maximum atomic E-state index is 11.9. The van der Waals surface area contributed by atoms with Gasteiger partial charge in [0.2, 0.25) is 18.0 Å². The van der Waals surface area contributed by atoms with Gasteiger partial charge in [-0.05, 0) is 18.2 Å². The van der Waals surface area contributed by atoms with Crippen LogP contribution in [-0.4, -0.2) is 33.9 Å². The maximum Gasteiger partial charge on any atom is 0.244 e. The second kappa shape index (κ2) is 6.33. The van der Waals surface area contributed by atoms with Crippen molar-refractivity contribution in [3.63, 3.8) is 0 Å². The molecule has 1 amide bonds.